The van der Waals surface area contributed by atoms with Gasteiger partial charge in [-0.25, -0.2) is 0 Å². The van der Waals surface area contributed by atoms with E-state index in [1.807, 2.05) is 11.8 Å². The number of nitrogens with one attached hydrogen (secondary N) is 1. The first-order valence-corrected chi connectivity index (χ1v) is 7.03. The molecule has 2 atom stereocenters. The highest BCUT2D eigenvalue weighted by molar-refractivity contribution is 7.99. The fourth-order valence-electron chi connectivity index (χ4n) is 1.71. The average Bonchev–Trinajstić information content (AvgIpc) is 2.31. The van der Waals surface area contributed by atoms with Gasteiger partial charge in [-0.3, -0.25) is 0 Å². The van der Waals surface area contributed by atoms with Gasteiger partial charge in [0.1, 0.15) is 0 Å². The zero-order chi connectivity index (χ0) is 12.0. The number of rotatable bonds is 6. The maximum atomic E-state index is 3.42. The first-order valence-electron chi connectivity index (χ1n) is 6.04. The molecule has 0 heterocycles. The second-order valence-corrected chi connectivity index (χ2v) is 5.42. The lowest BCUT2D eigenvalue weighted by Crippen LogP contribution is -2.34. The minimum Gasteiger partial charge on any atom is -0.316 e. The molecule has 16 heavy (non-hydrogen) atoms. The fourth-order valence-corrected chi connectivity index (χ4v) is 3.04. The zero-order valence-electron chi connectivity index (χ0n) is 10.8. The summed E-state index contributed by atoms with van der Waals surface area (Å²) in [6, 6.07) is 9.22. The van der Waals surface area contributed by atoms with E-state index in [0.717, 1.165) is 11.7 Å². The normalized spacial score (nSPS) is 14.8. The molecule has 2 unspecified atom stereocenters. The van der Waals surface area contributed by atoms with Crippen LogP contribution in [0.25, 0.3) is 0 Å². The van der Waals surface area contributed by atoms with Gasteiger partial charge in [0, 0.05) is 16.7 Å². The average molecular weight is 237 g/mol. The van der Waals surface area contributed by atoms with Crippen LogP contribution in [0.15, 0.2) is 29.2 Å². The van der Waals surface area contributed by atoms with Gasteiger partial charge in [-0.1, -0.05) is 38.5 Å². The van der Waals surface area contributed by atoms with E-state index >= 15 is 0 Å². The highest BCUT2D eigenvalue weighted by atomic mass is 32.2. The van der Waals surface area contributed by atoms with Crippen LogP contribution in [-0.2, 0) is 0 Å². The van der Waals surface area contributed by atoms with Gasteiger partial charge in [0.15, 0.2) is 0 Å². The molecule has 0 aliphatic rings. The topological polar surface area (TPSA) is 12.0 Å². The second kappa shape index (κ2) is 6.97. The summed E-state index contributed by atoms with van der Waals surface area (Å²) in [6.45, 7) is 6.76. The van der Waals surface area contributed by atoms with Crippen LogP contribution in [0, 0.1) is 12.8 Å². The summed E-state index contributed by atoms with van der Waals surface area (Å²) in [7, 11) is 2.06. The number of thioether (sulfide) groups is 1. The standard InChI is InChI=1S/C14H23NS/c1-5-11(2)13(15-4)10-16-14-9-7-6-8-12(14)3/h6-9,11,13,15H,5,10H2,1-4H3. The lowest BCUT2D eigenvalue weighted by Gasteiger charge is -2.22. The Balaban J connectivity index is 2.53. The largest absolute Gasteiger partial charge is 0.316 e. The van der Waals surface area contributed by atoms with Crippen LogP contribution < -0.4 is 5.32 Å². The van der Waals surface area contributed by atoms with Gasteiger partial charge in [-0.15, -0.1) is 11.8 Å². The minimum atomic E-state index is 0.606. The van der Waals surface area contributed by atoms with Crippen LogP contribution in [0.4, 0.5) is 0 Å². The maximum Gasteiger partial charge on any atom is 0.0184 e. The molecule has 0 saturated carbocycles. The highest BCUT2D eigenvalue weighted by Crippen LogP contribution is 2.24. The first kappa shape index (κ1) is 13.6. The number of benzene rings is 1. The summed E-state index contributed by atoms with van der Waals surface area (Å²) >= 11 is 1.96. The lowest BCUT2D eigenvalue weighted by atomic mass is 10.0. The molecule has 0 radical (unpaired) electrons. The highest BCUT2D eigenvalue weighted by Gasteiger charge is 2.13. The third-order valence-corrected chi connectivity index (χ3v) is 4.51. The molecule has 2 heteroatoms. The van der Waals surface area contributed by atoms with Crippen molar-refractivity contribution in [1.82, 2.24) is 5.32 Å². The van der Waals surface area contributed by atoms with Gasteiger partial charge >= 0.3 is 0 Å². The summed E-state index contributed by atoms with van der Waals surface area (Å²) < 4.78 is 0. The Hall–Kier alpha value is -0.470. The van der Waals surface area contributed by atoms with Crippen molar-refractivity contribution < 1.29 is 0 Å². The lowest BCUT2D eigenvalue weighted by molar-refractivity contribution is 0.420. The minimum absolute atomic E-state index is 0.606. The molecule has 0 aliphatic heterocycles. The van der Waals surface area contributed by atoms with Gasteiger partial charge < -0.3 is 5.32 Å². The monoisotopic (exact) mass is 237 g/mol. The molecule has 1 rings (SSSR count). The molecule has 1 aromatic rings. The first-order chi connectivity index (χ1) is 7.69. The second-order valence-electron chi connectivity index (χ2n) is 4.36. The molecule has 1 N–H and O–H groups in total. The van der Waals surface area contributed by atoms with E-state index in [2.05, 4.69) is 57.4 Å². The van der Waals surface area contributed by atoms with Crippen molar-refractivity contribution in [2.24, 2.45) is 5.92 Å². The van der Waals surface area contributed by atoms with Crippen molar-refractivity contribution in [3.8, 4) is 0 Å². The molecule has 0 aromatic heterocycles. The van der Waals surface area contributed by atoms with Gasteiger partial charge in [-0.2, -0.15) is 0 Å². The summed E-state index contributed by atoms with van der Waals surface area (Å²) in [5, 5.41) is 3.42. The molecular weight excluding hydrogens is 214 g/mol. The van der Waals surface area contributed by atoms with E-state index in [1.165, 1.54) is 16.9 Å². The summed E-state index contributed by atoms with van der Waals surface area (Å²) in [6.07, 6.45) is 1.24. The van der Waals surface area contributed by atoms with E-state index in [0.29, 0.717) is 6.04 Å². The molecule has 0 spiro atoms. The van der Waals surface area contributed by atoms with E-state index < -0.39 is 0 Å². The third-order valence-electron chi connectivity index (χ3n) is 3.21. The molecule has 90 valence electrons. The molecule has 0 bridgehead atoms. The molecule has 0 fully saturated rings. The Morgan fingerprint density at radius 2 is 2.00 bits per heavy atom. The Morgan fingerprint density at radius 3 is 2.56 bits per heavy atom. The molecule has 1 aromatic carbocycles. The van der Waals surface area contributed by atoms with Crippen molar-refractivity contribution in [2.45, 2.75) is 38.1 Å². The van der Waals surface area contributed by atoms with Crippen molar-refractivity contribution >= 4 is 11.8 Å². The Morgan fingerprint density at radius 1 is 1.31 bits per heavy atom. The van der Waals surface area contributed by atoms with E-state index in [4.69, 9.17) is 0 Å². The van der Waals surface area contributed by atoms with E-state index in [9.17, 15) is 0 Å². The van der Waals surface area contributed by atoms with Crippen molar-refractivity contribution in [3.05, 3.63) is 29.8 Å². The predicted octanol–water partition coefficient (Wildman–Crippen LogP) is 3.72. The van der Waals surface area contributed by atoms with Gasteiger partial charge in [-0.05, 0) is 31.5 Å². The Bertz CT molecular complexity index is 311. The zero-order valence-corrected chi connectivity index (χ0v) is 11.6. The smallest absolute Gasteiger partial charge is 0.0184 e. The molecular formula is C14H23NS. The summed E-state index contributed by atoms with van der Waals surface area (Å²) in [5.74, 6) is 1.89. The number of hydrogen-bond acceptors (Lipinski definition) is 2. The van der Waals surface area contributed by atoms with Crippen molar-refractivity contribution in [1.29, 1.82) is 0 Å². The van der Waals surface area contributed by atoms with Crippen LogP contribution in [-0.4, -0.2) is 18.8 Å². The Labute approximate surface area is 104 Å². The molecule has 1 nitrogen and oxygen atoms in total. The van der Waals surface area contributed by atoms with Crippen LogP contribution in [0.2, 0.25) is 0 Å². The van der Waals surface area contributed by atoms with Gasteiger partial charge in [0.05, 0.1) is 0 Å². The van der Waals surface area contributed by atoms with Crippen LogP contribution in [0.1, 0.15) is 25.8 Å². The summed E-state index contributed by atoms with van der Waals surface area (Å²) in [5.41, 5.74) is 1.38. The fraction of sp³-hybridized carbons (Fsp3) is 0.571. The maximum absolute atomic E-state index is 3.42. The van der Waals surface area contributed by atoms with E-state index in [-0.39, 0.29) is 0 Å². The van der Waals surface area contributed by atoms with Gasteiger partial charge in [0.2, 0.25) is 0 Å². The quantitative estimate of drug-likeness (QED) is 0.757. The Kier molecular flexibility index (Phi) is 5.93. The molecule has 0 amide bonds. The molecule has 0 aliphatic carbocycles. The van der Waals surface area contributed by atoms with Crippen molar-refractivity contribution in [2.75, 3.05) is 12.8 Å². The van der Waals surface area contributed by atoms with Crippen LogP contribution in [0.3, 0.4) is 0 Å². The summed E-state index contributed by atoms with van der Waals surface area (Å²) in [4.78, 5) is 1.41. The molecule has 0 saturated heterocycles. The van der Waals surface area contributed by atoms with E-state index in [1.54, 1.807) is 0 Å². The number of hydrogen-bond donors (Lipinski definition) is 1. The third kappa shape index (κ3) is 3.84. The van der Waals surface area contributed by atoms with Gasteiger partial charge in [0.25, 0.3) is 0 Å². The predicted molar refractivity (Wildman–Crippen MR) is 74.2 cm³/mol. The van der Waals surface area contributed by atoms with Crippen LogP contribution >= 0.6 is 11.8 Å². The van der Waals surface area contributed by atoms with Crippen molar-refractivity contribution in [3.63, 3.8) is 0 Å². The van der Waals surface area contributed by atoms with Crippen LogP contribution in [0.5, 0.6) is 0 Å². The SMILES string of the molecule is CCC(C)C(CSc1ccccc1C)NC. The number of aryl methyl sites for hydroxylation is 1.